The molecule has 1 N–H and O–H groups in total. The van der Waals surface area contributed by atoms with Crippen molar-refractivity contribution in [1.82, 2.24) is 0 Å². The number of hydrazone groups is 1. The van der Waals surface area contributed by atoms with Gasteiger partial charge in [-0.1, -0.05) is 29.3 Å². The molecule has 0 aliphatic carbocycles. The maximum absolute atomic E-state index is 10.6. The minimum atomic E-state index is -0.447. The Labute approximate surface area is 171 Å². The first-order valence-electron chi connectivity index (χ1n) is 8.21. The molecule has 0 radical (unpaired) electrons. The Kier molecular flexibility index (Phi) is 6.47. The van der Waals surface area contributed by atoms with Crippen molar-refractivity contribution in [3.63, 3.8) is 0 Å². The monoisotopic (exact) mass is 415 g/mol. The molecule has 0 aromatic heterocycles. The fourth-order valence-electron chi connectivity index (χ4n) is 2.29. The van der Waals surface area contributed by atoms with E-state index in [1.54, 1.807) is 30.5 Å². The number of nitro groups is 1. The molecule has 28 heavy (non-hydrogen) atoms. The highest BCUT2D eigenvalue weighted by Crippen LogP contribution is 2.23. The molecule has 0 saturated heterocycles. The van der Waals surface area contributed by atoms with E-state index >= 15 is 0 Å². The highest BCUT2D eigenvalue weighted by Gasteiger charge is 2.04. The summed E-state index contributed by atoms with van der Waals surface area (Å²) in [6.45, 7) is 0.338. The quantitative estimate of drug-likeness (QED) is 0.294. The van der Waals surface area contributed by atoms with Gasteiger partial charge in [-0.3, -0.25) is 15.5 Å². The highest BCUT2D eigenvalue weighted by molar-refractivity contribution is 6.35. The molecule has 3 aromatic rings. The molecule has 0 heterocycles. The van der Waals surface area contributed by atoms with Gasteiger partial charge in [0, 0.05) is 27.7 Å². The van der Waals surface area contributed by atoms with E-state index in [2.05, 4.69) is 10.5 Å². The third kappa shape index (κ3) is 5.45. The summed E-state index contributed by atoms with van der Waals surface area (Å²) in [6, 6.07) is 18.7. The molecule has 0 spiro atoms. The molecular weight excluding hydrogens is 401 g/mol. The van der Waals surface area contributed by atoms with Gasteiger partial charge < -0.3 is 4.74 Å². The Hall–Kier alpha value is -3.09. The number of benzene rings is 3. The van der Waals surface area contributed by atoms with Crippen molar-refractivity contribution in [3.05, 3.63) is 98.0 Å². The van der Waals surface area contributed by atoms with E-state index in [4.69, 9.17) is 27.9 Å². The van der Waals surface area contributed by atoms with Crippen LogP contribution >= 0.6 is 23.2 Å². The van der Waals surface area contributed by atoms with Crippen molar-refractivity contribution in [3.8, 4) is 5.75 Å². The van der Waals surface area contributed by atoms with Crippen LogP contribution in [0.2, 0.25) is 10.0 Å². The van der Waals surface area contributed by atoms with Gasteiger partial charge in [0.05, 0.1) is 16.8 Å². The second-order valence-electron chi connectivity index (χ2n) is 5.77. The summed E-state index contributed by atoms with van der Waals surface area (Å²) in [5.41, 5.74) is 5.23. The van der Waals surface area contributed by atoms with E-state index < -0.39 is 4.92 Å². The lowest BCUT2D eigenvalue weighted by Gasteiger charge is -2.08. The van der Waals surface area contributed by atoms with Gasteiger partial charge >= 0.3 is 0 Å². The second-order valence-corrected chi connectivity index (χ2v) is 6.61. The van der Waals surface area contributed by atoms with Crippen LogP contribution < -0.4 is 10.2 Å². The summed E-state index contributed by atoms with van der Waals surface area (Å²) in [4.78, 5) is 10.2. The predicted molar refractivity (Wildman–Crippen MR) is 112 cm³/mol. The fraction of sp³-hybridized carbons (Fsp3) is 0.0500. The molecule has 3 aromatic carbocycles. The van der Waals surface area contributed by atoms with Crippen molar-refractivity contribution < 1.29 is 9.66 Å². The smallest absolute Gasteiger partial charge is 0.269 e. The molecule has 0 aliphatic heterocycles. The van der Waals surface area contributed by atoms with Crippen LogP contribution in [0, 0.1) is 10.1 Å². The summed E-state index contributed by atoms with van der Waals surface area (Å²) in [5, 5.41) is 15.9. The number of hydrogen-bond acceptors (Lipinski definition) is 5. The summed E-state index contributed by atoms with van der Waals surface area (Å²) in [5.74, 6) is 0.700. The number of nitro benzene ring substituents is 1. The number of halogens is 2. The third-order valence-electron chi connectivity index (χ3n) is 3.77. The number of rotatable bonds is 7. The second kappa shape index (κ2) is 9.21. The first-order valence-corrected chi connectivity index (χ1v) is 8.97. The van der Waals surface area contributed by atoms with Crippen LogP contribution in [0.1, 0.15) is 11.1 Å². The van der Waals surface area contributed by atoms with Gasteiger partial charge in [0.2, 0.25) is 0 Å². The van der Waals surface area contributed by atoms with Gasteiger partial charge in [0.1, 0.15) is 12.4 Å². The average Bonchev–Trinajstić information content (AvgIpc) is 2.69. The normalized spacial score (nSPS) is 10.8. The zero-order valence-corrected chi connectivity index (χ0v) is 16.0. The highest BCUT2D eigenvalue weighted by atomic mass is 35.5. The molecule has 6 nitrogen and oxygen atoms in total. The van der Waals surface area contributed by atoms with Crippen molar-refractivity contribution in [1.29, 1.82) is 0 Å². The molecule has 0 atom stereocenters. The van der Waals surface area contributed by atoms with E-state index in [1.807, 2.05) is 30.3 Å². The summed E-state index contributed by atoms with van der Waals surface area (Å²) in [6.07, 6.45) is 1.64. The van der Waals surface area contributed by atoms with E-state index in [-0.39, 0.29) is 5.69 Å². The molecule has 142 valence electrons. The van der Waals surface area contributed by atoms with Gasteiger partial charge in [-0.05, 0) is 54.1 Å². The Morgan fingerprint density at radius 2 is 1.75 bits per heavy atom. The van der Waals surface area contributed by atoms with E-state index in [0.29, 0.717) is 28.1 Å². The lowest BCUT2D eigenvalue weighted by molar-refractivity contribution is -0.384. The van der Waals surface area contributed by atoms with Crippen molar-refractivity contribution in [2.75, 3.05) is 5.43 Å². The summed E-state index contributed by atoms with van der Waals surface area (Å²) < 4.78 is 5.73. The minimum absolute atomic E-state index is 0.0324. The first kappa shape index (κ1) is 19.7. The van der Waals surface area contributed by atoms with Gasteiger partial charge in [-0.2, -0.15) is 5.10 Å². The Balaban J connectivity index is 1.53. The maximum Gasteiger partial charge on any atom is 0.269 e. The van der Waals surface area contributed by atoms with Crippen LogP contribution in [-0.2, 0) is 6.61 Å². The lowest BCUT2D eigenvalue weighted by atomic mass is 10.2. The maximum atomic E-state index is 10.6. The fourth-order valence-corrected chi connectivity index (χ4v) is 2.75. The third-order valence-corrected chi connectivity index (χ3v) is 4.36. The molecule has 0 bridgehead atoms. The molecule has 0 amide bonds. The van der Waals surface area contributed by atoms with Gasteiger partial charge in [-0.25, -0.2) is 0 Å². The lowest BCUT2D eigenvalue weighted by Crippen LogP contribution is -1.96. The van der Waals surface area contributed by atoms with Crippen LogP contribution in [0.15, 0.2) is 71.8 Å². The van der Waals surface area contributed by atoms with Crippen LogP contribution in [0.25, 0.3) is 0 Å². The molecule has 0 saturated carbocycles. The van der Waals surface area contributed by atoms with Crippen LogP contribution in [0.3, 0.4) is 0 Å². The summed E-state index contributed by atoms with van der Waals surface area (Å²) >= 11 is 12.0. The molecule has 8 heteroatoms. The van der Waals surface area contributed by atoms with Crippen LogP contribution in [-0.4, -0.2) is 11.1 Å². The molecule has 0 fully saturated rings. The van der Waals surface area contributed by atoms with Gasteiger partial charge in [0.15, 0.2) is 0 Å². The predicted octanol–water partition coefficient (Wildman–Crippen LogP) is 5.93. The van der Waals surface area contributed by atoms with Gasteiger partial charge in [0.25, 0.3) is 5.69 Å². The van der Waals surface area contributed by atoms with Crippen molar-refractivity contribution in [2.24, 2.45) is 5.10 Å². The van der Waals surface area contributed by atoms with E-state index in [0.717, 1.165) is 11.1 Å². The molecular formula is C20H15Cl2N3O3. The topological polar surface area (TPSA) is 76.8 Å². The Morgan fingerprint density at radius 3 is 2.39 bits per heavy atom. The van der Waals surface area contributed by atoms with E-state index in [1.165, 1.54) is 12.1 Å². The SMILES string of the molecule is O=[N+]([O-])c1ccc(NN=Cc2ccc(OCc3ccc(Cl)cc3Cl)cc2)cc1. The Bertz CT molecular complexity index is 991. The van der Waals surface area contributed by atoms with E-state index in [9.17, 15) is 10.1 Å². The number of nitrogens with zero attached hydrogens (tertiary/aromatic N) is 2. The molecule has 3 rings (SSSR count). The Morgan fingerprint density at radius 1 is 1.04 bits per heavy atom. The van der Waals surface area contributed by atoms with Gasteiger partial charge in [-0.15, -0.1) is 0 Å². The first-order chi connectivity index (χ1) is 13.5. The number of ether oxygens (including phenoxy) is 1. The number of non-ortho nitro benzene ring substituents is 1. The van der Waals surface area contributed by atoms with Crippen LogP contribution in [0.4, 0.5) is 11.4 Å². The van der Waals surface area contributed by atoms with Crippen molar-refractivity contribution >= 4 is 40.8 Å². The largest absolute Gasteiger partial charge is 0.489 e. The number of nitrogens with one attached hydrogen (secondary N) is 1. The van der Waals surface area contributed by atoms with Crippen molar-refractivity contribution in [2.45, 2.75) is 6.61 Å². The zero-order valence-electron chi connectivity index (χ0n) is 14.5. The molecule has 0 unspecified atom stereocenters. The standard InChI is InChI=1S/C20H15Cl2N3O3/c21-16-4-3-15(20(22)11-16)13-28-19-9-1-14(2-10-19)12-23-24-17-5-7-18(8-6-17)25(26)27/h1-12,24H,13H2. The zero-order chi connectivity index (χ0) is 19.9. The minimum Gasteiger partial charge on any atom is -0.489 e. The van der Waals surface area contributed by atoms with Crippen LogP contribution in [0.5, 0.6) is 5.75 Å². The molecule has 0 aliphatic rings. The number of hydrogen-bond donors (Lipinski definition) is 1. The number of anilines is 1. The average molecular weight is 416 g/mol. The summed E-state index contributed by atoms with van der Waals surface area (Å²) in [7, 11) is 0.